The minimum atomic E-state index is -3.38. The Labute approximate surface area is 86.5 Å². The highest BCUT2D eigenvalue weighted by Crippen LogP contribution is 2.20. The molecule has 0 atom stereocenters. The van der Waals surface area contributed by atoms with Gasteiger partial charge >= 0.3 is 0 Å². The third-order valence-corrected chi connectivity index (χ3v) is 3.18. The smallest absolute Gasteiger partial charge is 0.213 e. The van der Waals surface area contributed by atoms with Crippen molar-refractivity contribution in [3.8, 4) is 0 Å². The van der Waals surface area contributed by atoms with E-state index in [-0.39, 0.29) is 10.4 Å². The number of fused-ring (bicyclic) bond motifs is 1. The molecule has 0 unspecified atom stereocenters. The highest BCUT2D eigenvalue weighted by atomic mass is 32.2. The molecule has 0 aliphatic carbocycles. The number of benzene rings is 1. The van der Waals surface area contributed by atoms with Crippen LogP contribution in [0.3, 0.4) is 0 Å². The van der Waals surface area contributed by atoms with E-state index in [0.717, 1.165) is 6.26 Å². The summed E-state index contributed by atoms with van der Waals surface area (Å²) in [6.45, 7) is 0. The molecule has 5 heteroatoms. The van der Waals surface area contributed by atoms with E-state index in [9.17, 15) is 12.8 Å². The molecule has 1 aromatic carbocycles. The van der Waals surface area contributed by atoms with Gasteiger partial charge in [-0.25, -0.2) is 13.4 Å². The normalized spacial score (nSPS) is 11.9. The van der Waals surface area contributed by atoms with Crippen LogP contribution in [0.2, 0.25) is 0 Å². The Kier molecular flexibility index (Phi) is 2.19. The van der Waals surface area contributed by atoms with Gasteiger partial charge in [0.15, 0.2) is 9.84 Å². The Morgan fingerprint density at radius 3 is 2.60 bits per heavy atom. The highest BCUT2D eigenvalue weighted by Gasteiger charge is 2.12. The molecule has 78 valence electrons. The number of hydrogen-bond donors (Lipinski definition) is 0. The Morgan fingerprint density at radius 2 is 1.93 bits per heavy atom. The zero-order valence-electron chi connectivity index (χ0n) is 7.94. The molecule has 0 saturated heterocycles. The van der Waals surface area contributed by atoms with E-state index in [1.54, 1.807) is 12.1 Å². The first-order valence-electron chi connectivity index (χ1n) is 4.24. The first kappa shape index (κ1) is 10.0. The molecule has 0 radical (unpaired) electrons. The van der Waals surface area contributed by atoms with Crippen LogP contribution < -0.4 is 0 Å². The lowest BCUT2D eigenvalue weighted by Gasteiger charge is -2.02. The lowest BCUT2D eigenvalue weighted by molar-refractivity contribution is 0.587. The Morgan fingerprint density at radius 1 is 1.20 bits per heavy atom. The predicted octanol–water partition coefficient (Wildman–Crippen LogP) is 1.78. The fourth-order valence-corrected chi connectivity index (χ4v) is 2.24. The molecular weight excluding hydrogens is 217 g/mol. The van der Waals surface area contributed by atoms with E-state index in [1.807, 2.05) is 0 Å². The number of halogens is 1. The largest absolute Gasteiger partial charge is 0.224 e. The molecule has 0 fully saturated rings. The molecule has 0 N–H and O–H groups in total. The van der Waals surface area contributed by atoms with Gasteiger partial charge in [-0.2, -0.15) is 4.39 Å². The molecule has 2 rings (SSSR count). The molecule has 2 aromatic rings. The van der Waals surface area contributed by atoms with Crippen molar-refractivity contribution in [2.75, 3.05) is 6.26 Å². The average Bonchev–Trinajstić information content (AvgIpc) is 2.15. The van der Waals surface area contributed by atoms with Gasteiger partial charge in [0.1, 0.15) is 0 Å². The maximum Gasteiger partial charge on any atom is 0.213 e. The molecule has 15 heavy (non-hydrogen) atoms. The monoisotopic (exact) mass is 225 g/mol. The molecular formula is C10H8FNO2S. The SMILES string of the molecule is CS(=O)(=O)c1cccc2ccc(F)nc12. The molecule has 1 aromatic heterocycles. The standard InChI is InChI=1S/C10H8FNO2S/c1-15(13,14)8-4-2-3-7-5-6-9(11)12-10(7)8/h2-6H,1H3. The van der Waals surface area contributed by atoms with Crippen LogP contribution in [0.15, 0.2) is 35.2 Å². The number of aromatic nitrogens is 1. The Hall–Kier alpha value is -1.49. The predicted molar refractivity (Wildman–Crippen MR) is 54.8 cm³/mol. The van der Waals surface area contributed by atoms with Crippen LogP contribution in [0.1, 0.15) is 0 Å². The topological polar surface area (TPSA) is 47.0 Å². The second-order valence-corrected chi connectivity index (χ2v) is 5.22. The Bertz CT molecular complexity index is 622. The van der Waals surface area contributed by atoms with E-state index >= 15 is 0 Å². The summed E-state index contributed by atoms with van der Waals surface area (Å²) >= 11 is 0. The van der Waals surface area contributed by atoms with Crippen molar-refractivity contribution in [2.24, 2.45) is 0 Å². The molecule has 0 saturated carbocycles. The van der Waals surface area contributed by atoms with Crippen molar-refractivity contribution in [3.63, 3.8) is 0 Å². The summed E-state index contributed by atoms with van der Waals surface area (Å²) in [7, 11) is -3.38. The number of nitrogens with zero attached hydrogens (tertiary/aromatic N) is 1. The van der Waals surface area contributed by atoms with Gasteiger partial charge in [-0.15, -0.1) is 0 Å². The van der Waals surface area contributed by atoms with Crippen LogP contribution >= 0.6 is 0 Å². The van der Waals surface area contributed by atoms with Crippen LogP contribution in [0, 0.1) is 5.95 Å². The van der Waals surface area contributed by atoms with E-state index in [0.29, 0.717) is 5.39 Å². The minimum absolute atomic E-state index is 0.0551. The lowest BCUT2D eigenvalue weighted by atomic mass is 10.2. The number of rotatable bonds is 1. The van der Waals surface area contributed by atoms with E-state index in [1.165, 1.54) is 18.2 Å². The average molecular weight is 225 g/mol. The quantitative estimate of drug-likeness (QED) is 0.695. The minimum Gasteiger partial charge on any atom is -0.224 e. The van der Waals surface area contributed by atoms with Gasteiger partial charge in [-0.3, -0.25) is 0 Å². The molecule has 0 amide bonds. The summed E-state index contributed by atoms with van der Waals surface area (Å²) in [6.07, 6.45) is 1.08. The van der Waals surface area contributed by atoms with Crippen molar-refractivity contribution in [3.05, 3.63) is 36.3 Å². The summed E-state index contributed by atoms with van der Waals surface area (Å²) in [5.41, 5.74) is 0.181. The van der Waals surface area contributed by atoms with Gasteiger partial charge in [0.05, 0.1) is 10.4 Å². The third-order valence-electron chi connectivity index (χ3n) is 2.05. The van der Waals surface area contributed by atoms with Crippen molar-refractivity contribution in [1.29, 1.82) is 0 Å². The van der Waals surface area contributed by atoms with E-state index < -0.39 is 15.8 Å². The third kappa shape index (κ3) is 1.83. The zero-order chi connectivity index (χ0) is 11.1. The van der Waals surface area contributed by atoms with Gasteiger partial charge in [-0.1, -0.05) is 12.1 Å². The zero-order valence-corrected chi connectivity index (χ0v) is 8.75. The second-order valence-electron chi connectivity index (χ2n) is 3.23. The van der Waals surface area contributed by atoms with Gasteiger partial charge in [0.25, 0.3) is 0 Å². The summed E-state index contributed by atoms with van der Waals surface area (Å²) in [5, 5.41) is 0.610. The number of para-hydroxylation sites is 1. The lowest BCUT2D eigenvalue weighted by Crippen LogP contribution is -1.99. The van der Waals surface area contributed by atoms with Crippen LogP contribution in [-0.2, 0) is 9.84 Å². The van der Waals surface area contributed by atoms with Crippen LogP contribution in [0.25, 0.3) is 10.9 Å². The number of pyridine rings is 1. The molecule has 0 aliphatic rings. The van der Waals surface area contributed by atoms with Gasteiger partial charge < -0.3 is 0 Å². The molecule has 1 heterocycles. The molecule has 0 bridgehead atoms. The van der Waals surface area contributed by atoms with Gasteiger partial charge in [-0.05, 0) is 18.2 Å². The van der Waals surface area contributed by atoms with E-state index in [4.69, 9.17) is 0 Å². The Balaban J connectivity index is 2.92. The first-order valence-corrected chi connectivity index (χ1v) is 6.13. The van der Waals surface area contributed by atoms with Crippen molar-refractivity contribution in [2.45, 2.75) is 4.90 Å². The summed E-state index contributed by atoms with van der Waals surface area (Å²) < 4.78 is 35.7. The molecule has 0 aliphatic heterocycles. The first-order chi connectivity index (χ1) is 6.98. The molecule has 0 spiro atoms. The maximum absolute atomic E-state index is 12.9. The highest BCUT2D eigenvalue weighted by molar-refractivity contribution is 7.91. The van der Waals surface area contributed by atoms with Crippen LogP contribution in [0.4, 0.5) is 4.39 Å². The van der Waals surface area contributed by atoms with Crippen molar-refractivity contribution >= 4 is 20.7 Å². The number of sulfone groups is 1. The summed E-state index contributed by atoms with van der Waals surface area (Å²) in [6, 6.07) is 7.43. The van der Waals surface area contributed by atoms with E-state index in [2.05, 4.69) is 4.98 Å². The van der Waals surface area contributed by atoms with Gasteiger partial charge in [0.2, 0.25) is 5.95 Å². The maximum atomic E-state index is 12.9. The fraction of sp³-hybridized carbons (Fsp3) is 0.100. The molecule has 3 nitrogen and oxygen atoms in total. The van der Waals surface area contributed by atoms with Crippen molar-refractivity contribution < 1.29 is 12.8 Å². The van der Waals surface area contributed by atoms with Crippen molar-refractivity contribution in [1.82, 2.24) is 4.98 Å². The van der Waals surface area contributed by atoms with Crippen LogP contribution in [0.5, 0.6) is 0 Å². The number of hydrogen-bond acceptors (Lipinski definition) is 3. The van der Waals surface area contributed by atoms with Gasteiger partial charge in [0, 0.05) is 11.6 Å². The van der Waals surface area contributed by atoms with Crippen LogP contribution in [-0.4, -0.2) is 19.7 Å². The fourth-order valence-electron chi connectivity index (χ4n) is 1.40. The summed E-state index contributed by atoms with van der Waals surface area (Å²) in [5.74, 6) is -0.682. The second kappa shape index (κ2) is 3.27. The summed E-state index contributed by atoms with van der Waals surface area (Å²) in [4.78, 5) is 3.65.